The molecular formula is C20H21FN4O2. The molecule has 0 radical (unpaired) electrons. The number of nitrogens with zero attached hydrogens (tertiary/aromatic N) is 3. The minimum atomic E-state index is -0.307. The van der Waals surface area contributed by atoms with Crippen LogP contribution in [0.3, 0.4) is 0 Å². The average Bonchev–Trinajstić information content (AvgIpc) is 2.99. The van der Waals surface area contributed by atoms with E-state index in [0.717, 1.165) is 31.5 Å². The van der Waals surface area contributed by atoms with Crippen molar-refractivity contribution in [1.82, 2.24) is 20.4 Å². The summed E-state index contributed by atoms with van der Waals surface area (Å²) in [5, 5.41) is 7.49. The Hall–Kier alpha value is -2.80. The number of halogens is 1. The Kier molecular flexibility index (Phi) is 5.39. The molecule has 6 nitrogen and oxygen atoms in total. The molecule has 1 aromatic carbocycles. The van der Waals surface area contributed by atoms with Gasteiger partial charge in [0.2, 0.25) is 17.6 Å². The van der Waals surface area contributed by atoms with Crippen molar-refractivity contribution in [2.45, 2.75) is 25.7 Å². The van der Waals surface area contributed by atoms with Crippen molar-refractivity contribution in [3.05, 3.63) is 54.3 Å². The molecule has 3 heterocycles. The quantitative estimate of drug-likeness (QED) is 0.734. The molecule has 0 aliphatic carbocycles. The second-order valence-corrected chi connectivity index (χ2v) is 6.70. The Bertz CT molecular complexity index is 856. The van der Waals surface area contributed by atoms with Gasteiger partial charge in [-0.2, -0.15) is 4.98 Å². The van der Waals surface area contributed by atoms with Crippen molar-refractivity contribution < 1.29 is 13.7 Å². The average molecular weight is 368 g/mol. The molecule has 1 N–H and O–H groups in total. The van der Waals surface area contributed by atoms with Crippen LogP contribution in [0.1, 0.15) is 25.2 Å². The second-order valence-electron chi connectivity index (χ2n) is 6.70. The number of hydrogen-bond acceptors (Lipinski definition) is 6. The van der Waals surface area contributed by atoms with Crippen LogP contribution in [0.15, 0.2) is 47.1 Å². The normalized spacial score (nSPS) is 17.4. The first kappa shape index (κ1) is 17.6. The fraction of sp³-hybridized carbons (Fsp3) is 0.350. The van der Waals surface area contributed by atoms with Gasteiger partial charge in [0.15, 0.2) is 0 Å². The molecule has 1 fully saturated rings. The number of benzene rings is 1. The third kappa shape index (κ3) is 4.68. The summed E-state index contributed by atoms with van der Waals surface area (Å²) in [4.78, 5) is 8.77. The van der Waals surface area contributed by atoms with E-state index in [-0.39, 0.29) is 5.82 Å². The highest BCUT2D eigenvalue weighted by Crippen LogP contribution is 2.24. The molecule has 1 aliphatic heterocycles. The van der Waals surface area contributed by atoms with Crippen LogP contribution in [0.25, 0.3) is 11.4 Å². The van der Waals surface area contributed by atoms with Gasteiger partial charge in [-0.05, 0) is 68.6 Å². The van der Waals surface area contributed by atoms with Gasteiger partial charge >= 0.3 is 0 Å². The lowest BCUT2D eigenvalue weighted by molar-refractivity contribution is 0.341. The van der Waals surface area contributed by atoms with Crippen LogP contribution in [0.2, 0.25) is 0 Å². The van der Waals surface area contributed by atoms with Crippen LogP contribution in [-0.4, -0.2) is 28.2 Å². The third-order valence-corrected chi connectivity index (χ3v) is 4.66. The van der Waals surface area contributed by atoms with E-state index in [1.165, 1.54) is 25.0 Å². The summed E-state index contributed by atoms with van der Waals surface area (Å²) in [5.74, 6) is 2.41. The molecule has 7 heteroatoms. The van der Waals surface area contributed by atoms with Crippen LogP contribution in [0, 0.1) is 11.7 Å². The van der Waals surface area contributed by atoms with Gasteiger partial charge in [-0.25, -0.2) is 9.37 Å². The zero-order chi connectivity index (χ0) is 18.5. The van der Waals surface area contributed by atoms with Crippen LogP contribution < -0.4 is 10.1 Å². The van der Waals surface area contributed by atoms with E-state index in [4.69, 9.17) is 9.26 Å². The predicted molar refractivity (Wildman–Crippen MR) is 97.9 cm³/mol. The molecule has 1 atom stereocenters. The van der Waals surface area contributed by atoms with E-state index >= 15 is 0 Å². The van der Waals surface area contributed by atoms with Gasteiger partial charge in [0.1, 0.15) is 11.6 Å². The van der Waals surface area contributed by atoms with Crippen LogP contribution in [0.4, 0.5) is 4.39 Å². The highest BCUT2D eigenvalue weighted by atomic mass is 19.1. The highest BCUT2D eigenvalue weighted by Gasteiger charge is 2.17. The SMILES string of the molecule is Fc1ccc(Oc2ccc(-c3noc(CC4CCCNCC4)n3)cn2)cc1. The zero-order valence-corrected chi connectivity index (χ0v) is 14.9. The highest BCUT2D eigenvalue weighted by molar-refractivity contribution is 5.53. The summed E-state index contributed by atoms with van der Waals surface area (Å²) in [6.07, 6.45) is 5.96. The predicted octanol–water partition coefficient (Wildman–Crippen LogP) is 4.00. The molecule has 4 rings (SSSR count). The number of ether oxygens (including phenoxy) is 1. The first-order chi connectivity index (χ1) is 13.3. The van der Waals surface area contributed by atoms with Gasteiger partial charge in [-0.3, -0.25) is 0 Å². The maximum absolute atomic E-state index is 12.9. The lowest BCUT2D eigenvalue weighted by Gasteiger charge is -2.09. The Morgan fingerprint density at radius 1 is 1.11 bits per heavy atom. The Balaban J connectivity index is 1.40. The Morgan fingerprint density at radius 2 is 2.00 bits per heavy atom. The summed E-state index contributed by atoms with van der Waals surface area (Å²) in [6.45, 7) is 2.13. The summed E-state index contributed by atoms with van der Waals surface area (Å²) in [6, 6.07) is 9.35. The molecule has 3 aromatic rings. The van der Waals surface area contributed by atoms with Gasteiger partial charge in [-0.15, -0.1) is 0 Å². The van der Waals surface area contributed by atoms with Gasteiger partial charge in [0, 0.05) is 24.2 Å². The first-order valence-electron chi connectivity index (χ1n) is 9.19. The van der Waals surface area contributed by atoms with E-state index < -0.39 is 0 Å². The lowest BCUT2D eigenvalue weighted by Crippen LogP contribution is -2.14. The molecule has 0 saturated carbocycles. The van der Waals surface area contributed by atoms with E-state index in [9.17, 15) is 4.39 Å². The molecule has 2 aromatic heterocycles. The van der Waals surface area contributed by atoms with Gasteiger partial charge < -0.3 is 14.6 Å². The first-order valence-corrected chi connectivity index (χ1v) is 9.19. The van der Waals surface area contributed by atoms with Crippen molar-refractivity contribution in [2.24, 2.45) is 5.92 Å². The summed E-state index contributed by atoms with van der Waals surface area (Å²) < 4.78 is 24.0. The zero-order valence-electron chi connectivity index (χ0n) is 14.9. The topological polar surface area (TPSA) is 73.1 Å². The van der Waals surface area contributed by atoms with Crippen molar-refractivity contribution >= 4 is 0 Å². The molecule has 0 bridgehead atoms. The van der Waals surface area contributed by atoms with Gasteiger partial charge in [0.05, 0.1) is 0 Å². The van der Waals surface area contributed by atoms with E-state index in [2.05, 4.69) is 20.4 Å². The third-order valence-electron chi connectivity index (χ3n) is 4.66. The minimum absolute atomic E-state index is 0.307. The van der Waals surface area contributed by atoms with Crippen LogP contribution in [0.5, 0.6) is 11.6 Å². The van der Waals surface area contributed by atoms with Crippen LogP contribution >= 0.6 is 0 Å². The standard InChI is InChI=1S/C20H21FN4O2/c21-16-4-6-17(7-5-16)26-18-8-3-15(13-23-18)20-24-19(27-25-20)12-14-2-1-10-22-11-9-14/h3-8,13-14,22H,1-2,9-12H2. The Labute approximate surface area is 156 Å². The van der Waals surface area contributed by atoms with Crippen molar-refractivity contribution in [3.63, 3.8) is 0 Å². The number of aromatic nitrogens is 3. The van der Waals surface area contributed by atoms with E-state index in [1.54, 1.807) is 24.4 Å². The monoisotopic (exact) mass is 368 g/mol. The molecule has 1 unspecified atom stereocenters. The molecule has 0 spiro atoms. The lowest BCUT2D eigenvalue weighted by atomic mass is 9.97. The molecular weight excluding hydrogens is 347 g/mol. The number of nitrogens with one attached hydrogen (secondary N) is 1. The van der Waals surface area contributed by atoms with Crippen molar-refractivity contribution in [3.8, 4) is 23.0 Å². The summed E-state index contributed by atoms with van der Waals surface area (Å²) in [7, 11) is 0. The number of hydrogen-bond donors (Lipinski definition) is 1. The fourth-order valence-corrected chi connectivity index (χ4v) is 3.19. The van der Waals surface area contributed by atoms with Gasteiger partial charge in [-0.1, -0.05) is 5.16 Å². The van der Waals surface area contributed by atoms with Gasteiger partial charge in [0.25, 0.3) is 0 Å². The maximum Gasteiger partial charge on any atom is 0.227 e. The van der Waals surface area contributed by atoms with E-state index in [1.807, 2.05) is 6.07 Å². The minimum Gasteiger partial charge on any atom is -0.439 e. The summed E-state index contributed by atoms with van der Waals surface area (Å²) in [5.41, 5.74) is 0.763. The fourth-order valence-electron chi connectivity index (χ4n) is 3.19. The molecule has 0 amide bonds. The maximum atomic E-state index is 12.9. The molecule has 140 valence electrons. The largest absolute Gasteiger partial charge is 0.439 e. The Morgan fingerprint density at radius 3 is 2.81 bits per heavy atom. The molecule has 27 heavy (non-hydrogen) atoms. The number of pyridine rings is 1. The smallest absolute Gasteiger partial charge is 0.227 e. The van der Waals surface area contributed by atoms with Crippen molar-refractivity contribution in [1.29, 1.82) is 0 Å². The second kappa shape index (κ2) is 8.26. The molecule has 1 saturated heterocycles. The van der Waals surface area contributed by atoms with E-state index in [0.29, 0.717) is 29.3 Å². The molecule has 1 aliphatic rings. The summed E-state index contributed by atoms with van der Waals surface area (Å²) >= 11 is 0. The van der Waals surface area contributed by atoms with Crippen LogP contribution in [-0.2, 0) is 6.42 Å². The number of rotatable bonds is 5. The van der Waals surface area contributed by atoms with Crippen molar-refractivity contribution in [2.75, 3.05) is 13.1 Å².